The second-order valence-electron chi connectivity index (χ2n) is 3.16. The molecule has 0 spiro atoms. The highest BCUT2D eigenvalue weighted by Gasteiger charge is 2.14. The maximum Gasteiger partial charge on any atom is 0.0507 e. The fourth-order valence-electron chi connectivity index (χ4n) is 1.18. The van der Waals surface area contributed by atoms with E-state index in [0.717, 1.165) is 25.7 Å². The predicted octanol–water partition coefficient (Wildman–Crippen LogP) is 1.19. The predicted molar refractivity (Wildman–Crippen MR) is 46.6 cm³/mol. The lowest BCUT2D eigenvalue weighted by Gasteiger charge is -2.12. The van der Waals surface area contributed by atoms with Crippen molar-refractivity contribution in [2.75, 3.05) is 19.8 Å². The van der Waals surface area contributed by atoms with Crippen molar-refractivity contribution in [2.24, 2.45) is 5.92 Å². The summed E-state index contributed by atoms with van der Waals surface area (Å²) < 4.78 is 5.26. The Morgan fingerprint density at radius 2 is 2.64 bits per heavy atom. The molecule has 1 heterocycles. The molecule has 0 radical (unpaired) electrons. The summed E-state index contributed by atoms with van der Waals surface area (Å²) >= 11 is 0. The van der Waals surface area contributed by atoms with Crippen molar-refractivity contribution in [3.8, 4) is 0 Å². The smallest absolute Gasteiger partial charge is 0.0507 e. The lowest BCUT2D eigenvalue weighted by Crippen LogP contribution is -2.29. The van der Waals surface area contributed by atoms with Crippen LogP contribution in [0.4, 0.5) is 0 Å². The van der Waals surface area contributed by atoms with Gasteiger partial charge in [0, 0.05) is 19.2 Å². The van der Waals surface area contributed by atoms with Gasteiger partial charge >= 0.3 is 0 Å². The fourth-order valence-corrected chi connectivity index (χ4v) is 1.18. The molecule has 0 aromatic rings. The van der Waals surface area contributed by atoms with Crippen LogP contribution in [0.2, 0.25) is 0 Å². The summed E-state index contributed by atoms with van der Waals surface area (Å²) in [5.41, 5.74) is 0. The standard InChI is InChI=1S/C9H17NO/c1-3-8(2)10-6-9-4-5-11-7-9/h3,8-10H,1,4-7H2,2H3. The van der Waals surface area contributed by atoms with Gasteiger partial charge in [0.05, 0.1) is 6.61 Å². The minimum atomic E-state index is 0.426. The molecule has 2 nitrogen and oxygen atoms in total. The second-order valence-corrected chi connectivity index (χ2v) is 3.16. The average molecular weight is 155 g/mol. The maximum absolute atomic E-state index is 5.26. The largest absolute Gasteiger partial charge is 0.381 e. The van der Waals surface area contributed by atoms with Crippen LogP contribution >= 0.6 is 0 Å². The first kappa shape index (κ1) is 8.75. The zero-order valence-electron chi connectivity index (χ0n) is 7.18. The van der Waals surface area contributed by atoms with Gasteiger partial charge < -0.3 is 10.1 Å². The summed E-state index contributed by atoms with van der Waals surface area (Å²) in [6.45, 7) is 8.76. The van der Waals surface area contributed by atoms with E-state index < -0.39 is 0 Å². The molecule has 1 aliphatic heterocycles. The van der Waals surface area contributed by atoms with Crippen LogP contribution in [0, 0.1) is 5.92 Å². The van der Waals surface area contributed by atoms with Crippen LogP contribution < -0.4 is 5.32 Å². The summed E-state index contributed by atoms with van der Waals surface area (Å²) in [5.74, 6) is 0.720. The highest BCUT2D eigenvalue weighted by molar-refractivity contribution is 4.82. The molecule has 2 heteroatoms. The quantitative estimate of drug-likeness (QED) is 0.616. The first-order chi connectivity index (χ1) is 5.33. The summed E-state index contributed by atoms with van der Waals surface area (Å²) in [4.78, 5) is 0. The van der Waals surface area contributed by atoms with Gasteiger partial charge in [-0.2, -0.15) is 0 Å². The van der Waals surface area contributed by atoms with Gasteiger partial charge in [-0.15, -0.1) is 6.58 Å². The molecular formula is C9H17NO. The van der Waals surface area contributed by atoms with E-state index in [-0.39, 0.29) is 0 Å². The number of hydrogen-bond acceptors (Lipinski definition) is 2. The Hall–Kier alpha value is -0.340. The number of ether oxygens (including phenoxy) is 1. The van der Waals surface area contributed by atoms with Gasteiger partial charge in [0.1, 0.15) is 0 Å². The minimum Gasteiger partial charge on any atom is -0.381 e. The summed E-state index contributed by atoms with van der Waals surface area (Å²) in [7, 11) is 0. The van der Waals surface area contributed by atoms with Crippen LogP contribution in [0.15, 0.2) is 12.7 Å². The van der Waals surface area contributed by atoms with E-state index in [0.29, 0.717) is 6.04 Å². The Kier molecular flexibility index (Phi) is 3.60. The molecule has 1 saturated heterocycles. The lowest BCUT2D eigenvalue weighted by molar-refractivity contribution is 0.185. The minimum absolute atomic E-state index is 0.426. The molecule has 1 rings (SSSR count). The van der Waals surface area contributed by atoms with Gasteiger partial charge in [-0.3, -0.25) is 0 Å². The molecule has 0 aliphatic carbocycles. The monoisotopic (exact) mass is 155 g/mol. The summed E-state index contributed by atoms with van der Waals surface area (Å²) in [5, 5.41) is 3.38. The Morgan fingerprint density at radius 1 is 1.82 bits per heavy atom. The van der Waals surface area contributed by atoms with Crippen LogP contribution in [-0.2, 0) is 4.74 Å². The molecular weight excluding hydrogens is 138 g/mol. The SMILES string of the molecule is C=CC(C)NCC1CCOC1. The second kappa shape index (κ2) is 4.52. The zero-order chi connectivity index (χ0) is 8.10. The van der Waals surface area contributed by atoms with E-state index in [2.05, 4.69) is 18.8 Å². The average Bonchev–Trinajstić information content (AvgIpc) is 2.52. The van der Waals surface area contributed by atoms with Crippen molar-refractivity contribution < 1.29 is 4.74 Å². The molecule has 2 unspecified atom stereocenters. The molecule has 0 aromatic heterocycles. The van der Waals surface area contributed by atoms with Crippen LogP contribution in [0.1, 0.15) is 13.3 Å². The van der Waals surface area contributed by atoms with Crippen molar-refractivity contribution in [3.05, 3.63) is 12.7 Å². The van der Waals surface area contributed by atoms with Crippen LogP contribution in [0.25, 0.3) is 0 Å². The van der Waals surface area contributed by atoms with Crippen LogP contribution in [-0.4, -0.2) is 25.8 Å². The summed E-state index contributed by atoms with van der Waals surface area (Å²) in [6, 6.07) is 0.426. The molecule has 0 aromatic carbocycles. The van der Waals surface area contributed by atoms with Crippen molar-refractivity contribution in [3.63, 3.8) is 0 Å². The number of nitrogens with one attached hydrogen (secondary N) is 1. The van der Waals surface area contributed by atoms with E-state index in [9.17, 15) is 0 Å². The fraction of sp³-hybridized carbons (Fsp3) is 0.778. The Labute approximate surface area is 68.6 Å². The van der Waals surface area contributed by atoms with Crippen molar-refractivity contribution in [1.29, 1.82) is 0 Å². The van der Waals surface area contributed by atoms with Crippen molar-refractivity contribution >= 4 is 0 Å². The van der Waals surface area contributed by atoms with E-state index in [4.69, 9.17) is 4.74 Å². The molecule has 0 bridgehead atoms. The van der Waals surface area contributed by atoms with Crippen LogP contribution in [0.3, 0.4) is 0 Å². The summed E-state index contributed by atoms with van der Waals surface area (Å²) in [6.07, 6.45) is 3.13. The molecule has 64 valence electrons. The van der Waals surface area contributed by atoms with Gasteiger partial charge in [0.15, 0.2) is 0 Å². The Balaban J connectivity index is 2.06. The van der Waals surface area contributed by atoms with E-state index in [1.807, 2.05) is 6.08 Å². The molecule has 11 heavy (non-hydrogen) atoms. The maximum atomic E-state index is 5.26. The zero-order valence-corrected chi connectivity index (χ0v) is 7.18. The first-order valence-corrected chi connectivity index (χ1v) is 4.26. The van der Waals surface area contributed by atoms with Gasteiger partial charge in [0.25, 0.3) is 0 Å². The third-order valence-corrected chi connectivity index (χ3v) is 2.11. The molecule has 0 saturated carbocycles. The van der Waals surface area contributed by atoms with E-state index in [1.165, 1.54) is 6.42 Å². The Bertz CT molecular complexity index is 119. The Morgan fingerprint density at radius 3 is 3.18 bits per heavy atom. The van der Waals surface area contributed by atoms with Crippen molar-refractivity contribution in [1.82, 2.24) is 5.32 Å². The number of rotatable bonds is 4. The molecule has 2 atom stereocenters. The highest BCUT2D eigenvalue weighted by atomic mass is 16.5. The third-order valence-electron chi connectivity index (χ3n) is 2.11. The molecule has 0 amide bonds. The topological polar surface area (TPSA) is 21.3 Å². The van der Waals surface area contributed by atoms with Gasteiger partial charge in [-0.25, -0.2) is 0 Å². The first-order valence-electron chi connectivity index (χ1n) is 4.26. The molecule has 1 aliphatic rings. The third kappa shape index (κ3) is 3.04. The van der Waals surface area contributed by atoms with E-state index >= 15 is 0 Å². The van der Waals surface area contributed by atoms with E-state index in [1.54, 1.807) is 0 Å². The van der Waals surface area contributed by atoms with Crippen molar-refractivity contribution in [2.45, 2.75) is 19.4 Å². The van der Waals surface area contributed by atoms with Gasteiger partial charge in [-0.05, 0) is 19.3 Å². The van der Waals surface area contributed by atoms with Gasteiger partial charge in [0.2, 0.25) is 0 Å². The normalized spacial score (nSPS) is 26.8. The van der Waals surface area contributed by atoms with Crippen LogP contribution in [0.5, 0.6) is 0 Å². The lowest BCUT2D eigenvalue weighted by atomic mass is 10.1. The highest BCUT2D eigenvalue weighted by Crippen LogP contribution is 2.10. The van der Waals surface area contributed by atoms with Gasteiger partial charge in [-0.1, -0.05) is 6.08 Å². The molecule has 1 fully saturated rings. The molecule has 1 N–H and O–H groups in total. The number of hydrogen-bond donors (Lipinski definition) is 1.